The van der Waals surface area contributed by atoms with Crippen LogP contribution in [0.3, 0.4) is 0 Å². The fourth-order valence-electron chi connectivity index (χ4n) is 5.47. The van der Waals surface area contributed by atoms with E-state index in [9.17, 15) is 9.59 Å². The molecule has 0 aliphatic heterocycles. The maximum Gasteiger partial charge on any atom is 0.239 e. The molecule has 5 nitrogen and oxygen atoms in total. The summed E-state index contributed by atoms with van der Waals surface area (Å²) in [6.07, 6.45) is 8.45. The maximum absolute atomic E-state index is 12.3. The van der Waals surface area contributed by atoms with Crippen LogP contribution in [0.5, 0.6) is 0 Å². The first-order chi connectivity index (χ1) is 10.5. The summed E-state index contributed by atoms with van der Waals surface area (Å²) in [7, 11) is 0. The van der Waals surface area contributed by atoms with E-state index in [-0.39, 0.29) is 29.8 Å². The number of nitrogens with one attached hydrogen (secondary N) is 2. The highest BCUT2D eigenvalue weighted by atomic mass is 16.2. The molecule has 0 aromatic carbocycles. The summed E-state index contributed by atoms with van der Waals surface area (Å²) in [5.41, 5.74) is 5.71. The highest BCUT2D eigenvalue weighted by Crippen LogP contribution is 2.61. The van der Waals surface area contributed by atoms with E-state index in [0.717, 1.165) is 17.8 Å². The quantitative estimate of drug-likeness (QED) is 0.689. The van der Waals surface area contributed by atoms with Crippen molar-refractivity contribution in [2.45, 2.75) is 57.9 Å². The molecule has 0 spiro atoms. The highest BCUT2D eigenvalue weighted by Gasteiger charge is 2.51. The van der Waals surface area contributed by atoms with Crippen molar-refractivity contribution in [3.8, 4) is 0 Å². The number of carbonyl (C=O) groups is 2. The molecule has 4 rings (SSSR count). The molecule has 4 bridgehead atoms. The predicted octanol–water partition coefficient (Wildman–Crippen LogP) is 1.17. The van der Waals surface area contributed by atoms with Crippen LogP contribution in [-0.2, 0) is 9.59 Å². The van der Waals surface area contributed by atoms with Gasteiger partial charge in [0.25, 0.3) is 0 Å². The fourth-order valence-corrected chi connectivity index (χ4v) is 5.47. The van der Waals surface area contributed by atoms with Crippen molar-refractivity contribution in [1.29, 1.82) is 0 Å². The summed E-state index contributed by atoms with van der Waals surface area (Å²) in [4.78, 5) is 24.0. The third-order valence-corrected chi connectivity index (χ3v) is 5.91. The van der Waals surface area contributed by atoms with Crippen molar-refractivity contribution >= 4 is 11.8 Å². The zero-order chi connectivity index (χ0) is 15.7. The second-order valence-corrected chi connectivity index (χ2v) is 8.08. The lowest BCUT2D eigenvalue weighted by Crippen LogP contribution is -2.49. The van der Waals surface area contributed by atoms with E-state index >= 15 is 0 Å². The summed E-state index contributed by atoms with van der Waals surface area (Å²) < 4.78 is 0. The largest absolute Gasteiger partial charge is 0.351 e. The molecule has 0 heterocycles. The van der Waals surface area contributed by atoms with E-state index in [2.05, 4.69) is 10.6 Å². The van der Waals surface area contributed by atoms with Crippen LogP contribution < -0.4 is 16.4 Å². The topological polar surface area (TPSA) is 84.2 Å². The van der Waals surface area contributed by atoms with Crippen LogP contribution in [0.2, 0.25) is 0 Å². The lowest BCUT2D eigenvalue weighted by molar-refractivity contribution is -0.132. The molecule has 22 heavy (non-hydrogen) atoms. The van der Waals surface area contributed by atoms with Gasteiger partial charge < -0.3 is 16.4 Å². The van der Waals surface area contributed by atoms with Crippen LogP contribution in [0.1, 0.15) is 51.9 Å². The van der Waals surface area contributed by atoms with Crippen molar-refractivity contribution in [3.05, 3.63) is 0 Å². The monoisotopic (exact) mass is 307 g/mol. The normalized spacial score (nSPS) is 36.9. The van der Waals surface area contributed by atoms with Gasteiger partial charge in [-0.3, -0.25) is 9.59 Å². The van der Waals surface area contributed by atoms with Gasteiger partial charge in [-0.25, -0.2) is 0 Å². The average Bonchev–Trinajstić information content (AvgIpc) is 2.43. The van der Waals surface area contributed by atoms with Crippen LogP contribution in [0.25, 0.3) is 0 Å². The minimum absolute atomic E-state index is 0.0394. The van der Waals surface area contributed by atoms with Crippen LogP contribution in [0.4, 0.5) is 0 Å². The van der Waals surface area contributed by atoms with Gasteiger partial charge in [0, 0.05) is 19.0 Å². The summed E-state index contributed by atoms with van der Waals surface area (Å²) in [6.45, 7) is 2.33. The molecule has 0 unspecified atom stereocenters. The molecule has 4 N–H and O–H groups in total. The van der Waals surface area contributed by atoms with Crippen LogP contribution >= 0.6 is 0 Å². The Balaban J connectivity index is 1.47. The lowest BCUT2D eigenvalue weighted by Gasteiger charge is -2.56. The standard InChI is InChI=1S/C17H29N3O2/c1-11(9-18)20-16(22)10-19-15(21)8-17-5-12-2-13(6-17)4-14(3-12)7-17/h11-14H,2-10,18H2,1H3,(H,19,21)(H,20,22)/t11-,12?,13?,14?,17?/m0/s1. The Hall–Kier alpha value is -1.10. The number of hydrogen-bond donors (Lipinski definition) is 3. The number of carbonyl (C=O) groups excluding carboxylic acids is 2. The number of hydrogen-bond acceptors (Lipinski definition) is 3. The Morgan fingerprint density at radius 2 is 1.64 bits per heavy atom. The number of nitrogens with two attached hydrogens (primary N) is 1. The Morgan fingerprint density at radius 3 is 2.14 bits per heavy atom. The van der Waals surface area contributed by atoms with Gasteiger partial charge in [0.1, 0.15) is 0 Å². The molecule has 0 aromatic rings. The molecular weight excluding hydrogens is 278 g/mol. The third kappa shape index (κ3) is 3.45. The van der Waals surface area contributed by atoms with Crippen molar-refractivity contribution < 1.29 is 9.59 Å². The van der Waals surface area contributed by atoms with Crippen molar-refractivity contribution in [3.63, 3.8) is 0 Å². The summed E-state index contributed by atoms with van der Waals surface area (Å²) in [6, 6.07) is -0.0486. The first kappa shape index (κ1) is 15.8. The van der Waals surface area contributed by atoms with Gasteiger partial charge in [-0.05, 0) is 68.6 Å². The third-order valence-electron chi connectivity index (χ3n) is 5.91. The molecule has 4 aliphatic carbocycles. The summed E-state index contributed by atoms with van der Waals surface area (Å²) in [5, 5.41) is 5.56. The van der Waals surface area contributed by atoms with Crippen LogP contribution in [0.15, 0.2) is 0 Å². The van der Waals surface area contributed by atoms with E-state index < -0.39 is 0 Å². The summed E-state index contributed by atoms with van der Waals surface area (Å²) in [5.74, 6) is 2.45. The minimum atomic E-state index is -0.156. The van der Waals surface area contributed by atoms with Crippen molar-refractivity contribution in [2.24, 2.45) is 28.9 Å². The zero-order valence-electron chi connectivity index (χ0n) is 13.6. The van der Waals surface area contributed by atoms with Crippen LogP contribution in [0, 0.1) is 23.2 Å². The molecule has 4 fully saturated rings. The first-order valence-corrected chi connectivity index (χ1v) is 8.74. The van der Waals surface area contributed by atoms with E-state index in [1.807, 2.05) is 6.92 Å². The molecule has 0 radical (unpaired) electrons. The fraction of sp³-hybridized carbons (Fsp3) is 0.882. The Labute approximate surface area is 132 Å². The van der Waals surface area contributed by atoms with Gasteiger partial charge in [0.05, 0.1) is 6.54 Å². The maximum atomic E-state index is 12.3. The smallest absolute Gasteiger partial charge is 0.239 e. The first-order valence-electron chi connectivity index (χ1n) is 8.74. The van der Waals surface area contributed by atoms with Gasteiger partial charge in [-0.1, -0.05) is 0 Å². The zero-order valence-corrected chi connectivity index (χ0v) is 13.6. The van der Waals surface area contributed by atoms with E-state index in [4.69, 9.17) is 5.73 Å². The number of rotatable bonds is 6. The molecule has 5 heteroatoms. The molecule has 1 atom stereocenters. The second kappa shape index (κ2) is 6.19. The molecule has 0 aromatic heterocycles. The molecular formula is C17H29N3O2. The molecule has 2 amide bonds. The number of amides is 2. The van der Waals surface area contributed by atoms with Crippen molar-refractivity contribution in [1.82, 2.24) is 10.6 Å². The van der Waals surface area contributed by atoms with Gasteiger partial charge in [0.2, 0.25) is 11.8 Å². The molecule has 4 aliphatic rings. The van der Waals surface area contributed by atoms with E-state index in [1.165, 1.54) is 38.5 Å². The Morgan fingerprint density at radius 1 is 1.09 bits per heavy atom. The van der Waals surface area contributed by atoms with Crippen LogP contribution in [-0.4, -0.2) is 30.9 Å². The Bertz CT molecular complexity index is 414. The molecule has 4 saturated carbocycles. The second-order valence-electron chi connectivity index (χ2n) is 8.08. The Kier molecular flexibility index (Phi) is 4.44. The van der Waals surface area contributed by atoms with E-state index in [1.54, 1.807) is 0 Å². The van der Waals surface area contributed by atoms with Gasteiger partial charge in [0.15, 0.2) is 0 Å². The minimum Gasteiger partial charge on any atom is -0.351 e. The SMILES string of the molecule is C[C@@H](CN)NC(=O)CNC(=O)CC12CC3CC(CC(C3)C1)C2. The lowest BCUT2D eigenvalue weighted by atomic mass is 9.49. The van der Waals surface area contributed by atoms with Gasteiger partial charge in [-0.2, -0.15) is 0 Å². The average molecular weight is 307 g/mol. The van der Waals surface area contributed by atoms with Crippen molar-refractivity contribution in [2.75, 3.05) is 13.1 Å². The van der Waals surface area contributed by atoms with Gasteiger partial charge in [-0.15, -0.1) is 0 Å². The summed E-state index contributed by atoms with van der Waals surface area (Å²) >= 11 is 0. The van der Waals surface area contributed by atoms with E-state index in [0.29, 0.717) is 13.0 Å². The highest BCUT2D eigenvalue weighted by molar-refractivity contribution is 5.85. The van der Waals surface area contributed by atoms with Gasteiger partial charge >= 0.3 is 0 Å². The molecule has 124 valence electrons. The predicted molar refractivity (Wildman–Crippen MR) is 84.9 cm³/mol. The molecule has 0 saturated heterocycles.